The minimum atomic E-state index is -0.933. The summed E-state index contributed by atoms with van der Waals surface area (Å²) in [6.45, 7) is 4.11. The molecule has 0 aliphatic rings. The van der Waals surface area contributed by atoms with Crippen molar-refractivity contribution in [2.75, 3.05) is 5.32 Å². The fourth-order valence-electron chi connectivity index (χ4n) is 1.23. The predicted octanol–water partition coefficient (Wildman–Crippen LogP) is 2.60. The van der Waals surface area contributed by atoms with Gasteiger partial charge in [-0.3, -0.25) is 0 Å². The number of nitrogens with one attached hydrogen (secondary N) is 1. The third-order valence-electron chi connectivity index (χ3n) is 1.76. The highest BCUT2D eigenvalue weighted by Gasteiger charge is 1.95. The summed E-state index contributed by atoms with van der Waals surface area (Å²) >= 11 is 0. The number of benzene rings is 1. The van der Waals surface area contributed by atoms with Gasteiger partial charge in [-0.25, -0.2) is 4.79 Å². The van der Waals surface area contributed by atoms with Crippen molar-refractivity contribution in [2.24, 2.45) is 0 Å². The first-order valence-corrected chi connectivity index (χ1v) is 4.85. The molecule has 0 radical (unpaired) electrons. The quantitative estimate of drug-likeness (QED) is 0.743. The Kier molecular flexibility index (Phi) is 3.92. The zero-order valence-corrected chi connectivity index (χ0v) is 8.90. The molecule has 0 saturated carbocycles. The minimum absolute atomic E-state index is 0.365. The lowest BCUT2D eigenvalue weighted by atomic mass is 10.2. The molecule has 15 heavy (non-hydrogen) atoms. The van der Waals surface area contributed by atoms with Crippen LogP contribution in [0.5, 0.6) is 0 Å². The number of anilines is 1. The third kappa shape index (κ3) is 4.31. The van der Waals surface area contributed by atoms with Crippen molar-refractivity contribution >= 4 is 17.7 Å². The van der Waals surface area contributed by atoms with Crippen molar-refractivity contribution < 1.29 is 9.90 Å². The van der Waals surface area contributed by atoms with Gasteiger partial charge in [0.2, 0.25) is 0 Å². The number of carbonyl (C=O) groups is 1. The maximum Gasteiger partial charge on any atom is 0.328 e. The van der Waals surface area contributed by atoms with E-state index < -0.39 is 5.97 Å². The first kappa shape index (κ1) is 11.3. The number of carboxylic acid groups (broad SMARTS) is 1. The van der Waals surface area contributed by atoms with Crippen LogP contribution in [0.1, 0.15) is 19.4 Å². The Balaban J connectivity index is 2.78. The van der Waals surface area contributed by atoms with Gasteiger partial charge in [-0.05, 0) is 37.6 Å². The topological polar surface area (TPSA) is 49.3 Å². The van der Waals surface area contributed by atoms with Crippen molar-refractivity contribution in [1.82, 2.24) is 0 Å². The molecule has 0 fully saturated rings. The standard InChI is InChI=1S/C12H15NO2/c1-9(2)13-11-5-3-4-10(8-11)6-7-12(14)15/h3-9,13H,1-2H3,(H,14,15)/b7-6+. The van der Waals surface area contributed by atoms with Crippen LogP contribution in [0.2, 0.25) is 0 Å². The van der Waals surface area contributed by atoms with Crippen molar-refractivity contribution in [1.29, 1.82) is 0 Å². The Morgan fingerprint density at radius 3 is 2.80 bits per heavy atom. The van der Waals surface area contributed by atoms with Crippen molar-refractivity contribution in [3.8, 4) is 0 Å². The molecule has 0 spiro atoms. The lowest BCUT2D eigenvalue weighted by Gasteiger charge is -2.09. The van der Waals surface area contributed by atoms with E-state index in [1.807, 2.05) is 24.3 Å². The smallest absolute Gasteiger partial charge is 0.328 e. The van der Waals surface area contributed by atoms with E-state index in [0.717, 1.165) is 17.3 Å². The Labute approximate surface area is 89.4 Å². The van der Waals surface area contributed by atoms with E-state index in [-0.39, 0.29) is 0 Å². The fraction of sp³-hybridized carbons (Fsp3) is 0.250. The Morgan fingerprint density at radius 2 is 2.20 bits per heavy atom. The summed E-state index contributed by atoms with van der Waals surface area (Å²) in [5.41, 5.74) is 1.88. The molecule has 1 aromatic carbocycles. The molecule has 0 unspecified atom stereocenters. The monoisotopic (exact) mass is 205 g/mol. The number of hydrogen-bond acceptors (Lipinski definition) is 2. The van der Waals surface area contributed by atoms with E-state index in [2.05, 4.69) is 19.2 Å². The summed E-state index contributed by atoms with van der Waals surface area (Å²) in [7, 11) is 0. The van der Waals surface area contributed by atoms with Gasteiger partial charge in [-0.2, -0.15) is 0 Å². The van der Waals surface area contributed by atoms with Gasteiger partial charge in [0.05, 0.1) is 0 Å². The summed E-state index contributed by atoms with van der Waals surface area (Å²) < 4.78 is 0. The summed E-state index contributed by atoms with van der Waals surface area (Å²) in [5, 5.41) is 11.7. The molecule has 1 aromatic rings. The van der Waals surface area contributed by atoms with E-state index in [4.69, 9.17) is 5.11 Å². The van der Waals surface area contributed by atoms with Crippen LogP contribution in [0, 0.1) is 0 Å². The molecule has 0 aromatic heterocycles. The number of hydrogen-bond donors (Lipinski definition) is 2. The van der Waals surface area contributed by atoms with Crippen LogP contribution < -0.4 is 5.32 Å². The second-order valence-corrected chi connectivity index (χ2v) is 3.60. The summed E-state index contributed by atoms with van der Waals surface area (Å²) in [6.07, 6.45) is 2.71. The van der Waals surface area contributed by atoms with Crippen LogP contribution in [0.4, 0.5) is 5.69 Å². The Morgan fingerprint density at radius 1 is 1.47 bits per heavy atom. The molecule has 0 aliphatic heterocycles. The number of aliphatic carboxylic acids is 1. The van der Waals surface area contributed by atoms with E-state index >= 15 is 0 Å². The van der Waals surface area contributed by atoms with Crippen LogP contribution in [0.3, 0.4) is 0 Å². The highest BCUT2D eigenvalue weighted by molar-refractivity contribution is 5.85. The molecule has 0 atom stereocenters. The van der Waals surface area contributed by atoms with Gasteiger partial charge >= 0.3 is 5.97 Å². The van der Waals surface area contributed by atoms with Gasteiger partial charge in [0.1, 0.15) is 0 Å². The lowest BCUT2D eigenvalue weighted by Crippen LogP contribution is -2.09. The predicted molar refractivity (Wildman–Crippen MR) is 61.9 cm³/mol. The lowest BCUT2D eigenvalue weighted by molar-refractivity contribution is -0.131. The van der Waals surface area contributed by atoms with Gasteiger partial charge in [-0.1, -0.05) is 12.1 Å². The molecule has 1 rings (SSSR count). The summed E-state index contributed by atoms with van der Waals surface area (Å²) in [4.78, 5) is 10.3. The molecular formula is C12H15NO2. The molecule has 0 saturated heterocycles. The van der Waals surface area contributed by atoms with Crippen molar-refractivity contribution in [2.45, 2.75) is 19.9 Å². The highest BCUT2D eigenvalue weighted by atomic mass is 16.4. The van der Waals surface area contributed by atoms with E-state index in [1.54, 1.807) is 6.08 Å². The normalized spacial score (nSPS) is 10.9. The average molecular weight is 205 g/mol. The van der Waals surface area contributed by atoms with E-state index in [1.165, 1.54) is 0 Å². The molecule has 2 N–H and O–H groups in total. The van der Waals surface area contributed by atoms with Gasteiger partial charge in [0.15, 0.2) is 0 Å². The van der Waals surface area contributed by atoms with Crippen LogP contribution in [0.15, 0.2) is 30.3 Å². The van der Waals surface area contributed by atoms with Crippen LogP contribution in [-0.4, -0.2) is 17.1 Å². The van der Waals surface area contributed by atoms with Gasteiger partial charge in [-0.15, -0.1) is 0 Å². The fourth-order valence-corrected chi connectivity index (χ4v) is 1.23. The molecule has 0 heterocycles. The maximum absolute atomic E-state index is 10.3. The average Bonchev–Trinajstić information content (AvgIpc) is 2.14. The largest absolute Gasteiger partial charge is 0.478 e. The molecule has 0 bridgehead atoms. The second-order valence-electron chi connectivity index (χ2n) is 3.60. The van der Waals surface area contributed by atoms with Gasteiger partial charge in [0.25, 0.3) is 0 Å². The maximum atomic E-state index is 10.3. The number of carboxylic acids is 1. The van der Waals surface area contributed by atoms with Crippen LogP contribution in [0.25, 0.3) is 6.08 Å². The first-order valence-electron chi connectivity index (χ1n) is 4.85. The molecule has 80 valence electrons. The van der Waals surface area contributed by atoms with Crippen LogP contribution in [-0.2, 0) is 4.79 Å². The Hall–Kier alpha value is -1.77. The number of rotatable bonds is 4. The zero-order valence-electron chi connectivity index (χ0n) is 8.90. The molecular weight excluding hydrogens is 190 g/mol. The zero-order chi connectivity index (χ0) is 11.3. The summed E-state index contributed by atoms with van der Waals surface area (Å²) in [6, 6.07) is 8.00. The third-order valence-corrected chi connectivity index (χ3v) is 1.76. The minimum Gasteiger partial charge on any atom is -0.478 e. The van der Waals surface area contributed by atoms with Gasteiger partial charge in [0, 0.05) is 17.8 Å². The molecule has 3 nitrogen and oxygen atoms in total. The summed E-state index contributed by atoms with van der Waals surface area (Å²) in [5.74, 6) is -0.933. The first-order chi connectivity index (χ1) is 7.08. The van der Waals surface area contributed by atoms with Gasteiger partial charge < -0.3 is 10.4 Å². The molecule has 0 amide bonds. The Bertz CT molecular complexity index is 370. The molecule has 0 aliphatic carbocycles. The SMILES string of the molecule is CC(C)Nc1cccc(/C=C/C(=O)O)c1. The van der Waals surface area contributed by atoms with E-state index in [9.17, 15) is 4.79 Å². The molecule has 3 heteroatoms. The highest BCUT2D eigenvalue weighted by Crippen LogP contribution is 2.12. The van der Waals surface area contributed by atoms with Crippen LogP contribution >= 0.6 is 0 Å². The van der Waals surface area contributed by atoms with Crippen molar-refractivity contribution in [3.63, 3.8) is 0 Å². The second kappa shape index (κ2) is 5.20. The van der Waals surface area contributed by atoms with E-state index in [0.29, 0.717) is 6.04 Å². The van der Waals surface area contributed by atoms with Crippen molar-refractivity contribution in [3.05, 3.63) is 35.9 Å².